The number of ketones is 1. The summed E-state index contributed by atoms with van der Waals surface area (Å²) >= 11 is 3.37. The minimum absolute atomic E-state index is 0.0129. The number of hydrogen-bond donors (Lipinski definition) is 0. The van der Waals surface area contributed by atoms with Crippen molar-refractivity contribution in [2.45, 2.75) is 24.9 Å². The van der Waals surface area contributed by atoms with E-state index in [9.17, 15) is 9.59 Å². The lowest BCUT2D eigenvalue weighted by Crippen LogP contribution is -2.46. The first-order chi connectivity index (χ1) is 13.4. The molecular formula is C23H20BrFO3. The number of carbonyl (C=O) groups is 2. The molecule has 2 atom stereocenters. The van der Waals surface area contributed by atoms with Crippen LogP contribution in [0.5, 0.6) is 0 Å². The van der Waals surface area contributed by atoms with Crippen LogP contribution in [0.1, 0.15) is 30.4 Å². The van der Waals surface area contributed by atoms with Crippen molar-refractivity contribution in [2.24, 2.45) is 0 Å². The third kappa shape index (κ3) is 4.14. The van der Waals surface area contributed by atoms with E-state index >= 15 is 4.39 Å². The minimum Gasteiger partial charge on any atom is -0.463 e. The van der Waals surface area contributed by atoms with Crippen molar-refractivity contribution in [3.05, 3.63) is 87.9 Å². The Bertz CT molecular complexity index is 919. The van der Waals surface area contributed by atoms with E-state index in [4.69, 9.17) is 4.74 Å². The molecule has 5 heteroatoms. The maximum Gasteiger partial charge on any atom is 0.349 e. The van der Waals surface area contributed by atoms with Gasteiger partial charge in [0.1, 0.15) is 0 Å². The average molecular weight is 443 g/mol. The molecule has 1 aliphatic carbocycles. The topological polar surface area (TPSA) is 43.4 Å². The summed E-state index contributed by atoms with van der Waals surface area (Å²) in [6, 6.07) is 16.2. The molecule has 0 amide bonds. The van der Waals surface area contributed by atoms with E-state index in [1.165, 1.54) is 12.2 Å². The Balaban J connectivity index is 2.05. The number of carbonyl (C=O) groups excluding carboxylic acids is 2. The van der Waals surface area contributed by atoms with Crippen molar-refractivity contribution in [1.29, 1.82) is 0 Å². The molecule has 0 heterocycles. The van der Waals surface area contributed by atoms with Crippen molar-refractivity contribution in [3.8, 4) is 0 Å². The van der Waals surface area contributed by atoms with Crippen LogP contribution in [0.15, 0.2) is 76.8 Å². The second-order valence-electron chi connectivity index (χ2n) is 6.55. The first-order valence-corrected chi connectivity index (χ1v) is 9.84. The molecule has 28 heavy (non-hydrogen) atoms. The highest BCUT2D eigenvalue weighted by Gasteiger charge is 2.53. The molecule has 0 saturated carbocycles. The first-order valence-electron chi connectivity index (χ1n) is 9.05. The van der Waals surface area contributed by atoms with Crippen molar-refractivity contribution >= 4 is 33.8 Å². The van der Waals surface area contributed by atoms with Gasteiger partial charge in [0, 0.05) is 22.4 Å². The molecule has 2 aromatic carbocycles. The summed E-state index contributed by atoms with van der Waals surface area (Å²) in [4.78, 5) is 25.0. The molecule has 3 rings (SSSR count). The SMILES string of the molecule is CCOC(=O)[C@@]1(F)C(/C=C/c2ccc(Br)cc2)=CC(=O)C[C@H]1c1ccccc1. The van der Waals surface area contributed by atoms with Gasteiger partial charge in [0.2, 0.25) is 5.67 Å². The highest BCUT2D eigenvalue weighted by Crippen LogP contribution is 2.45. The summed E-state index contributed by atoms with van der Waals surface area (Å²) in [5.41, 5.74) is -1.01. The Morgan fingerprint density at radius 2 is 1.86 bits per heavy atom. The second kappa shape index (κ2) is 8.65. The predicted molar refractivity (Wildman–Crippen MR) is 111 cm³/mol. The van der Waals surface area contributed by atoms with E-state index in [0.29, 0.717) is 5.56 Å². The molecule has 3 nitrogen and oxygen atoms in total. The Kier molecular flexibility index (Phi) is 6.25. The molecule has 0 aromatic heterocycles. The van der Waals surface area contributed by atoms with Crippen molar-refractivity contribution in [1.82, 2.24) is 0 Å². The number of hydrogen-bond acceptors (Lipinski definition) is 3. The molecule has 0 aliphatic heterocycles. The number of allylic oxidation sites excluding steroid dienone is 2. The zero-order chi connectivity index (χ0) is 20.1. The number of rotatable bonds is 5. The number of ether oxygens (including phenoxy) is 1. The van der Waals surface area contributed by atoms with Crippen LogP contribution in [0, 0.1) is 0 Å². The van der Waals surface area contributed by atoms with Crippen LogP contribution in [0.2, 0.25) is 0 Å². The quantitative estimate of drug-likeness (QED) is 0.580. The third-order valence-corrected chi connectivity index (χ3v) is 5.25. The van der Waals surface area contributed by atoms with Crippen LogP contribution >= 0.6 is 15.9 Å². The lowest BCUT2D eigenvalue weighted by atomic mass is 9.71. The van der Waals surface area contributed by atoms with Crippen LogP contribution in [-0.4, -0.2) is 24.0 Å². The fourth-order valence-corrected chi connectivity index (χ4v) is 3.60. The third-order valence-electron chi connectivity index (χ3n) is 4.72. The number of benzene rings is 2. The van der Waals surface area contributed by atoms with Gasteiger partial charge in [-0.25, -0.2) is 9.18 Å². The average Bonchev–Trinajstić information content (AvgIpc) is 2.70. The Labute approximate surface area is 172 Å². The number of alkyl halides is 1. The summed E-state index contributed by atoms with van der Waals surface area (Å²) in [5, 5.41) is 0. The number of halogens is 2. The molecule has 0 radical (unpaired) electrons. The number of esters is 1. The molecule has 0 bridgehead atoms. The predicted octanol–water partition coefficient (Wildman–Crippen LogP) is 5.42. The highest BCUT2D eigenvalue weighted by atomic mass is 79.9. The molecule has 144 valence electrons. The van der Waals surface area contributed by atoms with Crippen molar-refractivity contribution in [3.63, 3.8) is 0 Å². The second-order valence-corrected chi connectivity index (χ2v) is 7.47. The maximum absolute atomic E-state index is 16.4. The van der Waals surface area contributed by atoms with E-state index in [2.05, 4.69) is 15.9 Å². The van der Waals surface area contributed by atoms with Gasteiger partial charge in [-0.1, -0.05) is 70.5 Å². The Morgan fingerprint density at radius 3 is 2.50 bits per heavy atom. The highest BCUT2D eigenvalue weighted by molar-refractivity contribution is 9.10. The van der Waals surface area contributed by atoms with Crippen LogP contribution in [-0.2, 0) is 14.3 Å². The van der Waals surface area contributed by atoms with Crippen LogP contribution in [0.3, 0.4) is 0 Å². The van der Waals surface area contributed by atoms with Gasteiger partial charge in [-0.3, -0.25) is 4.79 Å². The lowest BCUT2D eigenvalue weighted by molar-refractivity contribution is -0.156. The largest absolute Gasteiger partial charge is 0.463 e. The molecule has 2 aromatic rings. The fourth-order valence-electron chi connectivity index (χ4n) is 3.34. The lowest BCUT2D eigenvalue weighted by Gasteiger charge is -2.35. The van der Waals surface area contributed by atoms with Crippen LogP contribution in [0.25, 0.3) is 6.08 Å². The maximum atomic E-state index is 16.4. The molecule has 1 aliphatic rings. The molecular weight excluding hydrogens is 423 g/mol. The first kappa shape index (κ1) is 20.2. The molecule has 0 N–H and O–H groups in total. The van der Waals surface area contributed by atoms with Crippen molar-refractivity contribution in [2.75, 3.05) is 6.61 Å². The molecule has 0 saturated heterocycles. The van der Waals surface area contributed by atoms with Crippen LogP contribution in [0.4, 0.5) is 4.39 Å². The summed E-state index contributed by atoms with van der Waals surface area (Å²) in [7, 11) is 0. The summed E-state index contributed by atoms with van der Waals surface area (Å²) in [6.07, 6.45) is 4.31. The molecule has 0 unspecified atom stereocenters. The fraction of sp³-hybridized carbons (Fsp3) is 0.217. The Morgan fingerprint density at radius 1 is 1.18 bits per heavy atom. The van der Waals surface area contributed by atoms with Gasteiger partial charge in [-0.2, -0.15) is 0 Å². The zero-order valence-corrected chi connectivity index (χ0v) is 17.0. The van der Waals surface area contributed by atoms with Gasteiger partial charge in [0.15, 0.2) is 5.78 Å². The molecule has 0 spiro atoms. The monoisotopic (exact) mass is 442 g/mol. The van der Waals surface area contributed by atoms with Gasteiger partial charge in [-0.15, -0.1) is 0 Å². The standard InChI is InChI=1S/C23H20BrFO3/c1-2-28-22(27)23(25)18(11-8-16-9-12-19(24)13-10-16)14-20(26)15-21(23)17-6-4-3-5-7-17/h3-14,21H,2,15H2,1H3/b11-8+/t21-,23+/m0/s1. The van der Waals surface area contributed by atoms with E-state index in [1.54, 1.807) is 37.3 Å². The minimum atomic E-state index is -2.43. The molecule has 0 fully saturated rings. The van der Waals surface area contributed by atoms with E-state index in [1.807, 2.05) is 30.3 Å². The van der Waals surface area contributed by atoms with Crippen molar-refractivity contribution < 1.29 is 18.7 Å². The summed E-state index contributed by atoms with van der Waals surface area (Å²) < 4.78 is 22.3. The summed E-state index contributed by atoms with van der Waals surface area (Å²) in [5.74, 6) is -2.13. The van der Waals surface area contributed by atoms with E-state index in [0.717, 1.165) is 10.0 Å². The van der Waals surface area contributed by atoms with Gasteiger partial charge in [-0.05, 0) is 36.3 Å². The van der Waals surface area contributed by atoms with Gasteiger partial charge in [0.25, 0.3) is 0 Å². The van der Waals surface area contributed by atoms with Crippen LogP contribution < -0.4 is 0 Å². The van der Waals surface area contributed by atoms with Gasteiger partial charge >= 0.3 is 5.97 Å². The Hall–Kier alpha value is -2.53. The zero-order valence-electron chi connectivity index (χ0n) is 15.4. The van der Waals surface area contributed by atoms with E-state index in [-0.39, 0.29) is 24.4 Å². The smallest absolute Gasteiger partial charge is 0.349 e. The normalized spacial score (nSPS) is 22.2. The summed E-state index contributed by atoms with van der Waals surface area (Å²) in [6.45, 7) is 1.69. The van der Waals surface area contributed by atoms with Gasteiger partial charge in [0.05, 0.1) is 6.61 Å². The van der Waals surface area contributed by atoms with Gasteiger partial charge < -0.3 is 4.74 Å². The van der Waals surface area contributed by atoms with E-state index < -0.39 is 17.6 Å².